The third-order valence-corrected chi connectivity index (χ3v) is 4.32. The number of carbonyl (C=O) groups excluding carboxylic acids is 1. The van der Waals surface area contributed by atoms with Gasteiger partial charge in [0.2, 0.25) is 0 Å². The van der Waals surface area contributed by atoms with Crippen LogP contribution in [0.1, 0.15) is 28.8 Å². The summed E-state index contributed by atoms with van der Waals surface area (Å²) in [5, 5.41) is 5.93. The first-order chi connectivity index (χ1) is 12.6. The molecular formula is C20H22N2O3S. The molecule has 136 valence electrons. The van der Waals surface area contributed by atoms with Crippen molar-refractivity contribution in [3.05, 3.63) is 59.7 Å². The topological polar surface area (TPSA) is 59.6 Å². The minimum atomic E-state index is -0.237. The number of aryl methyl sites for hydroxylation is 1. The number of thiocarbonyl (C=S) groups is 1. The maximum atomic E-state index is 12.2. The van der Waals surface area contributed by atoms with E-state index < -0.39 is 0 Å². The molecule has 5 nitrogen and oxygen atoms in total. The van der Waals surface area contributed by atoms with Gasteiger partial charge in [-0.25, -0.2) is 0 Å². The van der Waals surface area contributed by atoms with Crippen LogP contribution in [-0.2, 0) is 4.74 Å². The lowest BCUT2D eigenvalue weighted by molar-refractivity contribution is 0.0679. The summed E-state index contributed by atoms with van der Waals surface area (Å²) in [7, 11) is 0. The highest BCUT2D eigenvalue weighted by Crippen LogP contribution is 2.18. The van der Waals surface area contributed by atoms with Gasteiger partial charge < -0.3 is 14.8 Å². The molecule has 0 unspecified atom stereocenters. The molecule has 0 saturated carbocycles. The minimum Gasteiger partial charge on any atom is -0.491 e. The highest BCUT2D eigenvalue weighted by atomic mass is 32.1. The van der Waals surface area contributed by atoms with E-state index in [4.69, 9.17) is 21.7 Å². The number of nitrogens with one attached hydrogen (secondary N) is 2. The van der Waals surface area contributed by atoms with Crippen molar-refractivity contribution in [3.63, 3.8) is 0 Å². The molecule has 2 N–H and O–H groups in total. The molecule has 0 spiro atoms. The standard InChI is InChI=1S/C20H22N2O3S/c1-14-4-6-15(7-5-14)19(23)22-20(26)21-16-8-10-17(11-9-16)25-13-18-3-2-12-24-18/h4-11,18H,2-3,12-13H2,1H3,(H2,21,22,23,26)/t18-/m0/s1. The highest BCUT2D eigenvalue weighted by Gasteiger charge is 2.15. The lowest BCUT2D eigenvalue weighted by Gasteiger charge is -2.13. The van der Waals surface area contributed by atoms with Gasteiger partial charge >= 0.3 is 0 Å². The van der Waals surface area contributed by atoms with E-state index in [0.29, 0.717) is 12.2 Å². The van der Waals surface area contributed by atoms with Crippen molar-refractivity contribution in [2.45, 2.75) is 25.9 Å². The zero-order valence-corrected chi connectivity index (χ0v) is 15.5. The largest absolute Gasteiger partial charge is 0.491 e. The molecule has 0 aliphatic carbocycles. The van der Waals surface area contributed by atoms with E-state index in [2.05, 4.69) is 10.6 Å². The maximum Gasteiger partial charge on any atom is 0.257 e. The molecule has 0 radical (unpaired) electrons. The lowest BCUT2D eigenvalue weighted by Crippen LogP contribution is -2.34. The van der Waals surface area contributed by atoms with Gasteiger partial charge in [-0.2, -0.15) is 0 Å². The van der Waals surface area contributed by atoms with E-state index in [1.54, 1.807) is 12.1 Å². The predicted octanol–water partition coefficient (Wildman–Crippen LogP) is 3.68. The number of carbonyl (C=O) groups is 1. The Kier molecular flexibility index (Phi) is 6.20. The molecule has 1 heterocycles. The van der Waals surface area contributed by atoms with Gasteiger partial charge in [-0.3, -0.25) is 10.1 Å². The molecule has 1 fully saturated rings. The van der Waals surface area contributed by atoms with Gasteiger partial charge in [-0.15, -0.1) is 0 Å². The van der Waals surface area contributed by atoms with Crippen molar-refractivity contribution in [2.75, 3.05) is 18.5 Å². The number of anilines is 1. The minimum absolute atomic E-state index is 0.192. The number of rotatable bonds is 5. The van der Waals surface area contributed by atoms with E-state index in [9.17, 15) is 4.79 Å². The molecule has 1 aliphatic rings. The fourth-order valence-electron chi connectivity index (χ4n) is 2.64. The average molecular weight is 370 g/mol. The fraction of sp³-hybridized carbons (Fsp3) is 0.300. The monoisotopic (exact) mass is 370 g/mol. The Balaban J connectivity index is 1.47. The Labute approximate surface area is 158 Å². The fourth-order valence-corrected chi connectivity index (χ4v) is 2.85. The molecule has 1 atom stereocenters. The summed E-state index contributed by atoms with van der Waals surface area (Å²) in [6.45, 7) is 3.36. The second-order valence-corrected chi connectivity index (χ2v) is 6.65. The van der Waals surface area contributed by atoms with Crippen molar-refractivity contribution in [1.82, 2.24) is 5.32 Å². The Hall–Kier alpha value is -2.44. The van der Waals surface area contributed by atoms with Gasteiger partial charge in [0, 0.05) is 17.9 Å². The molecule has 3 rings (SSSR count). The summed E-state index contributed by atoms with van der Waals surface area (Å²) in [5.41, 5.74) is 2.45. The first kappa shape index (κ1) is 18.4. The molecule has 0 bridgehead atoms. The average Bonchev–Trinajstić information content (AvgIpc) is 3.15. The summed E-state index contributed by atoms with van der Waals surface area (Å²) >= 11 is 5.20. The smallest absolute Gasteiger partial charge is 0.257 e. The third kappa shape index (κ3) is 5.28. The van der Waals surface area contributed by atoms with Crippen molar-refractivity contribution < 1.29 is 14.3 Å². The molecule has 1 amide bonds. The lowest BCUT2D eigenvalue weighted by atomic mass is 10.1. The normalized spacial score (nSPS) is 16.1. The molecule has 1 saturated heterocycles. The van der Waals surface area contributed by atoms with Gasteiger partial charge in [0.1, 0.15) is 12.4 Å². The second-order valence-electron chi connectivity index (χ2n) is 6.24. The SMILES string of the molecule is Cc1ccc(C(=O)NC(=S)Nc2ccc(OC[C@@H]3CCCO3)cc2)cc1. The first-order valence-electron chi connectivity index (χ1n) is 8.63. The highest BCUT2D eigenvalue weighted by molar-refractivity contribution is 7.80. The summed E-state index contributed by atoms with van der Waals surface area (Å²) < 4.78 is 11.3. The Morgan fingerprint density at radius 1 is 1.19 bits per heavy atom. The van der Waals surface area contributed by atoms with Crippen molar-refractivity contribution in [2.24, 2.45) is 0 Å². The van der Waals surface area contributed by atoms with Crippen LogP contribution in [0.4, 0.5) is 5.69 Å². The van der Waals surface area contributed by atoms with Gasteiger partial charge in [0.05, 0.1) is 6.10 Å². The Bertz CT molecular complexity index is 754. The molecule has 6 heteroatoms. The summed E-state index contributed by atoms with van der Waals surface area (Å²) in [6, 6.07) is 14.8. The third-order valence-electron chi connectivity index (χ3n) is 4.11. The number of amides is 1. The van der Waals surface area contributed by atoms with Gasteiger partial charge in [0.25, 0.3) is 5.91 Å². The number of benzene rings is 2. The number of hydrogen-bond acceptors (Lipinski definition) is 4. The molecular weight excluding hydrogens is 348 g/mol. The van der Waals surface area contributed by atoms with Crippen LogP contribution in [0.2, 0.25) is 0 Å². The van der Waals surface area contributed by atoms with E-state index in [0.717, 1.165) is 36.4 Å². The van der Waals surface area contributed by atoms with E-state index >= 15 is 0 Å². The van der Waals surface area contributed by atoms with E-state index in [1.165, 1.54) is 0 Å². The van der Waals surface area contributed by atoms with Crippen LogP contribution in [0.15, 0.2) is 48.5 Å². The van der Waals surface area contributed by atoms with E-state index in [1.807, 2.05) is 43.3 Å². The maximum absolute atomic E-state index is 12.2. The molecule has 0 aromatic heterocycles. The molecule has 1 aliphatic heterocycles. The van der Waals surface area contributed by atoms with E-state index in [-0.39, 0.29) is 17.1 Å². The molecule has 2 aromatic rings. The van der Waals surface area contributed by atoms with Crippen LogP contribution < -0.4 is 15.4 Å². The van der Waals surface area contributed by atoms with Crippen LogP contribution in [0, 0.1) is 6.92 Å². The Morgan fingerprint density at radius 2 is 1.92 bits per heavy atom. The first-order valence-corrected chi connectivity index (χ1v) is 9.04. The van der Waals surface area contributed by atoms with Crippen molar-refractivity contribution in [1.29, 1.82) is 0 Å². The van der Waals surface area contributed by atoms with Crippen molar-refractivity contribution in [3.8, 4) is 5.75 Å². The Morgan fingerprint density at radius 3 is 2.58 bits per heavy atom. The van der Waals surface area contributed by atoms with Crippen molar-refractivity contribution >= 4 is 28.9 Å². The van der Waals surface area contributed by atoms with Gasteiger partial charge in [-0.05, 0) is 68.4 Å². The van der Waals surface area contributed by atoms with Crippen LogP contribution in [-0.4, -0.2) is 30.3 Å². The molecule has 26 heavy (non-hydrogen) atoms. The molecule has 2 aromatic carbocycles. The van der Waals surface area contributed by atoms with Crippen LogP contribution in [0.5, 0.6) is 5.75 Å². The quantitative estimate of drug-likeness (QED) is 0.787. The van der Waals surface area contributed by atoms with Crippen LogP contribution in [0.3, 0.4) is 0 Å². The number of hydrogen-bond donors (Lipinski definition) is 2. The van der Waals surface area contributed by atoms with Crippen LogP contribution in [0.25, 0.3) is 0 Å². The number of ether oxygens (including phenoxy) is 2. The summed E-state index contributed by atoms with van der Waals surface area (Å²) in [4.78, 5) is 12.2. The second kappa shape index (κ2) is 8.78. The zero-order chi connectivity index (χ0) is 18.4. The van der Waals surface area contributed by atoms with Gasteiger partial charge in [0.15, 0.2) is 5.11 Å². The van der Waals surface area contributed by atoms with Crippen LogP contribution >= 0.6 is 12.2 Å². The van der Waals surface area contributed by atoms with Gasteiger partial charge in [-0.1, -0.05) is 17.7 Å². The summed E-state index contributed by atoms with van der Waals surface area (Å²) in [5.74, 6) is 0.541. The predicted molar refractivity (Wildman–Crippen MR) is 106 cm³/mol. The summed E-state index contributed by atoms with van der Waals surface area (Å²) in [6.07, 6.45) is 2.34. The zero-order valence-electron chi connectivity index (χ0n) is 14.7.